The lowest BCUT2D eigenvalue weighted by molar-refractivity contribution is 0.316. The summed E-state index contributed by atoms with van der Waals surface area (Å²) in [5, 5.41) is 0. The molecular weight excluding hydrogens is 202 g/mol. The van der Waals surface area contributed by atoms with Gasteiger partial charge < -0.3 is 4.80 Å². The minimum absolute atomic E-state index is 0.306. The number of nitrogens with zero attached hydrogens (tertiary/aromatic N) is 1. The summed E-state index contributed by atoms with van der Waals surface area (Å²) in [6.07, 6.45) is 0. The van der Waals surface area contributed by atoms with E-state index in [-0.39, 0.29) is 0 Å². The Morgan fingerprint density at radius 3 is 1.67 bits per heavy atom. The normalized spacial score (nSPS) is 10.7. The molecule has 0 saturated heterocycles. The predicted octanol–water partition coefficient (Wildman–Crippen LogP) is 1.31. The van der Waals surface area contributed by atoms with E-state index in [2.05, 4.69) is 51.1 Å². The van der Waals surface area contributed by atoms with Gasteiger partial charge in [-0.2, -0.15) is 0 Å². The van der Waals surface area contributed by atoms with Crippen LogP contribution in [0.5, 0.6) is 0 Å². The molecule has 0 aliphatic carbocycles. The molecule has 0 amide bonds. The van der Waals surface area contributed by atoms with Crippen LogP contribution in [0.1, 0.15) is 20.8 Å². The Bertz CT molecular complexity index is 239. The van der Waals surface area contributed by atoms with Gasteiger partial charge in [-0.1, -0.05) is 18.2 Å². The summed E-state index contributed by atoms with van der Waals surface area (Å²) in [5.41, 5.74) is 1.44. The third kappa shape index (κ3) is 3.45. The summed E-state index contributed by atoms with van der Waals surface area (Å²) in [6, 6.07) is 10.8. The Morgan fingerprint density at radius 2 is 1.33 bits per heavy atom. The largest absolute Gasteiger partial charge is 0.442 e. The lowest BCUT2D eigenvalue weighted by Gasteiger charge is -2.35. The second-order valence-electron chi connectivity index (χ2n) is 3.43. The van der Waals surface area contributed by atoms with Gasteiger partial charge in [-0.3, -0.25) is 4.48 Å². The zero-order valence-electron chi connectivity index (χ0n) is 10.4. The predicted molar refractivity (Wildman–Crippen MR) is 72.0 cm³/mol. The Balaban J connectivity index is 0.000000921. The molecule has 2 nitrogen and oxygen atoms in total. The molecule has 0 atom stereocenters. The van der Waals surface area contributed by atoms with Crippen molar-refractivity contribution in [2.75, 3.05) is 19.6 Å². The van der Waals surface area contributed by atoms with Crippen LogP contribution in [-0.2, 0) is 0 Å². The summed E-state index contributed by atoms with van der Waals surface area (Å²) >= 11 is 0. The molecule has 0 saturated carbocycles. The van der Waals surface area contributed by atoms with Crippen LogP contribution in [0.3, 0.4) is 0 Å². The lowest BCUT2D eigenvalue weighted by atomic mass is 10.2. The van der Waals surface area contributed by atoms with Crippen LogP contribution in [0, 0.1) is 0 Å². The highest BCUT2D eigenvalue weighted by atomic mass is 28.2. The first kappa shape index (κ1) is 14.4. The highest BCUT2D eigenvalue weighted by Gasteiger charge is 2.23. The van der Waals surface area contributed by atoms with Crippen LogP contribution >= 0.6 is 0 Å². The molecule has 0 unspecified atom stereocenters. The van der Waals surface area contributed by atoms with Crippen LogP contribution in [0.25, 0.3) is 0 Å². The van der Waals surface area contributed by atoms with Crippen molar-refractivity contribution in [1.82, 2.24) is 4.48 Å². The minimum atomic E-state index is 0.306. The topological polar surface area (TPSA) is 20.2 Å². The van der Waals surface area contributed by atoms with E-state index in [0.717, 1.165) is 4.48 Å². The Morgan fingerprint density at radius 1 is 0.933 bits per heavy atom. The van der Waals surface area contributed by atoms with Crippen molar-refractivity contribution in [2.24, 2.45) is 0 Å². The molecule has 0 heterocycles. The van der Waals surface area contributed by atoms with E-state index in [9.17, 15) is 0 Å². The van der Waals surface area contributed by atoms with Crippen molar-refractivity contribution in [3.05, 3.63) is 30.3 Å². The Labute approximate surface area is 96.7 Å². The molecule has 1 aromatic rings. The molecule has 3 heteroatoms. The number of rotatable bonds is 4. The second-order valence-corrected chi connectivity index (χ2v) is 3.43. The summed E-state index contributed by atoms with van der Waals surface area (Å²) < 4.78 is 1.10. The fourth-order valence-corrected chi connectivity index (χ4v) is 1.96. The van der Waals surface area contributed by atoms with Gasteiger partial charge in [-0.25, -0.2) is 0 Å². The second kappa shape index (κ2) is 7.62. The van der Waals surface area contributed by atoms with Gasteiger partial charge in [0, 0.05) is 0 Å². The fraction of sp³-hybridized carbons (Fsp3) is 0.500. The first-order valence-electron chi connectivity index (χ1n) is 5.65. The van der Waals surface area contributed by atoms with Crippen molar-refractivity contribution >= 4 is 16.2 Å². The first-order chi connectivity index (χ1) is 7.29. The van der Waals surface area contributed by atoms with Crippen molar-refractivity contribution in [3.8, 4) is 0 Å². The minimum Gasteiger partial charge on any atom is -0.442 e. The first-order valence-corrected chi connectivity index (χ1v) is 6.55. The van der Waals surface area contributed by atoms with Crippen molar-refractivity contribution in [2.45, 2.75) is 20.8 Å². The van der Waals surface area contributed by atoms with E-state index in [1.165, 1.54) is 25.3 Å². The molecule has 0 radical (unpaired) electrons. The van der Waals surface area contributed by atoms with Gasteiger partial charge in [0.2, 0.25) is 0 Å². The molecule has 1 N–H and O–H groups in total. The Kier molecular flexibility index (Phi) is 7.30. The maximum Gasteiger partial charge on any atom is 0.141 e. The molecule has 86 valence electrons. The smallest absolute Gasteiger partial charge is 0.141 e. The molecule has 0 aliphatic rings. The van der Waals surface area contributed by atoms with Gasteiger partial charge in [0.15, 0.2) is 0 Å². The maximum absolute atomic E-state index is 7.14. The summed E-state index contributed by atoms with van der Waals surface area (Å²) in [5.74, 6) is 0. The fourth-order valence-electron chi connectivity index (χ4n) is 1.96. The maximum atomic E-state index is 7.14. The molecule has 1 rings (SSSR count). The average molecular weight is 226 g/mol. The number of quaternary nitrogens is 1. The zero-order chi connectivity index (χ0) is 11.7. The Hall–Kier alpha value is -0.643. The molecule has 0 spiro atoms. The van der Waals surface area contributed by atoms with Crippen LogP contribution in [0.4, 0.5) is 5.69 Å². The van der Waals surface area contributed by atoms with Crippen molar-refractivity contribution < 1.29 is 4.80 Å². The average Bonchev–Trinajstić information content (AvgIpc) is 2.36. The van der Waals surface area contributed by atoms with Gasteiger partial charge in [-0.05, 0) is 32.9 Å². The summed E-state index contributed by atoms with van der Waals surface area (Å²) in [7, 11) is 0.306. The number of benzene rings is 1. The van der Waals surface area contributed by atoms with Crippen LogP contribution < -0.4 is 4.48 Å². The third-order valence-electron chi connectivity index (χ3n) is 3.12. The van der Waals surface area contributed by atoms with Gasteiger partial charge >= 0.3 is 0 Å². The van der Waals surface area contributed by atoms with Gasteiger partial charge in [0.25, 0.3) is 0 Å². The lowest BCUT2D eigenvalue weighted by Crippen LogP contribution is -2.48. The van der Waals surface area contributed by atoms with Crippen LogP contribution in [0.2, 0.25) is 0 Å². The summed E-state index contributed by atoms with van der Waals surface area (Å²) in [6.45, 7) is 10.3. The van der Waals surface area contributed by atoms with Gasteiger partial charge in [-0.15, -0.1) is 0 Å². The van der Waals surface area contributed by atoms with Crippen LogP contribution in [-0.4, -0.2) is 34.9 Å². The number of hydrogen-bond acceptors (Lipinski definition) is 1. The van der Waals surface area contributed by atoms with Crippen molar-refractivity contribution in [3.63, 3.8) is 0 Å². The molecule has 1 aromatic carbocycles. The molecule has 0 aliphatic heterocycles. The molecule has 0 fully saturated rings. The quantitative estimate of drug-likeness (QED) is 0.606. The van der Waals surface area contributed by atoms with Gasteiger partial charge in [0.05, 0.1) is 19.6 Å². The highest BCUT2D eigenvalue weighted by Crippen LogP contribution is 2.21. The molecule has 15 heavy (non-hydrogen) atoms. The van der Waals surface area contributed by atoms with Crippen LogP contribution in [0.15, 0.2) is 30.3 Å². The molecule has 0 bridgehead atoms. The van der Waals surface area contributed by atoms with E-state index in [1.807, 2.05) is 0 Å². The number of hydrogen-bond donors (Lipinski definition) is 1. The van der Waals surface area contributed by atoms with Gasteiger partial charge in [0.1, 0.15) is 16.2 Å². The van der Waals surface area contributed by atoms with E-state index >= 15 is 0 Å². The van der Waals surface area contributed by atoms with E-state index in [1.54, 1.807) is 0 Å². The molecule has 0 aromatic heterocycles. The number of para-hydroxylation sites is 1. The van der Waals surface area contributed by atoms with E-state index < -0.39 is 0 Å². The van der Waals surface area contributed by atoms with E-state index in [4.69, 9.17) is 4.80 Å². The highest BCUT2D eigenvalue weighted by molar-refractivity contribution is 5.95. The summed E-state index contributed by atoms with van der Waals surface area (Å²) in [4.78, 5) is 7.14. The zero-order valence-corrected chi connectivity index (χ0v) is 12.4. The molecular formula is C12H24NOSi+. The standard InChI is InChI=1S/C12H20N.H4OSi/c1-4-13(5-2,6-3)12-10-8-7-9-11-12;1-2/h7-11H,4-6H2,1-3H3;1H,2H3/q+1;. The third-order valence-corrected chi connectivity index (χ3v) is 3.12. The monoisotopic (exact) mass is 226 g/mol. The van der Waals surface area contributed by atoms with E-state index in [0.29, 0.717) is 10.5 Å². The van der Waals surface area contributed by atoms with Crippen molar-refractivity contribution in [1.29, 1.82) is 0 Å². The SMILES string of the molecule is CC[N+](CC)(CC)c1ccccc1.O[SiH3].